The Hall–Kier alpha value is -4.49. The van der Waals surface area contributed by atoms with Gasteiger partial charge in [0.2, 0.25) is 0 Å². The number of hydrogen-bond acceptors (Lipinski definition) is 7. The first kappa shape index (κ1) is 22.2. The molecule has 0 aliphatic rings. The van der Waals surface area contributed by atoms with E-state index in [2.05, 4.69) is 5.32 Å². The van der Waals surface area contributed by atoms with Gasteiger partial charge in [0.1, 0.15) is 23.2 Å². The first-order valence-electron chi connectivity index (χ1n) is 8.92. The summed E-state index contributed by atoms with van der Waals surface area (Å²) in [6.45, 7) is 1.65. The highest BCUT2D eigenvalue weighted by Crippen LogP contribution is 2.32. The Morgan fingerprint density at radius 2 is 1.75 bits per heavy atom. The number of nitro benzene ring substituents is 2. The van der Waals surface area contributed by atoms with Crippen molar-refractivity contribution < 1.29 is 19.1 Å². The topological polar surface area (TPSA) is 152 Å². The van der Waals surface area contributed by atoms with Crippen molar-refractivity contribution >= 4 is 40.6 Å². The number of carbonyl (C=O) groups is 1. The van der Waals surface area contributed by atoms with Gasteiger partial charge in [0.05, 0.1) is 20.6 Å². The Kier molecular flexibility index (Phi) is 6.32. The SMILES string of the molecule is Cc1ccc([N+](=O)[O-])cc1NC(=O)/C(C#N)=C/c1ccc(-c2ccc([N+](=O)[O-])cc2Cl)o1. The van der Waals surface area contributed by atoms with Crippen molar-refractivity contribution in [3.63, 3.8) is 0 Å². The predicted octanol–water partition coefficient (Wildman–Crippen LogP) is 5.27. The molecule has 0 bridgehead atoms. The Morgan fingerprint density at radius 1 is 1.09 bits per heavy atom. The molecule has 1 aromatic heterocycles. The smallest absolute Gasteiger partial charge is 0.271 e. The lowest BCUT2D eigenvalue weighted by atomic mass is 10.1. The molecule has 10 nitrogen and oxygen atoms in total. The van der Waals surface area contributed by atoms with Crippen LogP contribution in [0.3, 0.4) is 0 Å². The number of rotatable bonds is 6. The monoisotopic (exact) mass is 452 g/mol. The second-order valence-electron chi connectivity index (χ2n) is 6.50. The van der Waals surface area contributed by atoms with Gasteiger partial charge < -0.3 is 9.73 Å². The van der Waals surface area contributed by atoms with Crippen LogP contribution in [-0.2, 0) is 4.79 Å². The molecule has 0 atom stereocenters. The van der Waals surface area contributed by atoms with Crippen LogP contribution in [0.1, 0.15) is 11.3 Å². The van der Waals surface area contributed by atoms with Crippen molar-refractivity contribution in [3.05, 3.63) is 90.7 Å². The van der Waals surface area contributed by atoms with Gasteiger partial charge in [0.25, 0.3) is 17.3 Å². The number of aryl methyl sites for hydroxylation is 1. The summed E-state index contributed by atoms with van der Waals surface area (Å²) in [6.07, 6.45) is 1.20. The van der Waals surface area contributed by atoms with Gasteiger partial charge in [0.15, 0.2) is 0 Å². The van der Waals surface area contributed by atoms with Gasteiger partial charge in [-0.1, -0.05) is 17.7 Å². The molecule has 0 fully saturated rings. The number of nitriles is 1. The van der Waals surface area contributed by atoms with Gasteiger partial charge >= 0.3 is 0 Å². The number of nitrogens with one attached hydrogen (secondary N) is 1. The zero-order valence-electron chi connectivity index (χ0n) is 16.4. The number of halogens is 1. The maximum Gasteiger partial charge on any atom is 0.271 e. The van der Waals surface area contributed by atoms with Crippen LogP contribution in [0, 0.1) is 38.5 Å². The molecule has 11 heteroatoms. The Bertz CT molecular complexity index is 1320. The summed E-state index contributed by atoms with van der Waals surface area (Å²) in [6, 6.07) is 12.7. The summed E-state index contributed by atoms with van der Waals surface area (Å²) in [4.78, 5) is 33.1. The first-order valence-corrected chi connectivity index (χ1v) is 9.29. The fourth-order valence-corrected chi connectivity index (χ4v) is 3.00. The second kappa shape index (κ2) is 9.11. The lowest BCUT2D eigenvalue weighted by Gasteiger charge is -2.07. The molecule has 3 rings (SSSR count). The number of nitro groups is 2. The third-order valence-electron chi connectivity index (χ3n) is 4.39. The van der Waals surface area contributed by atoms with E-state index in [-0.39, 0.29) is 39.2 Å². The fraction of sp³-hybridized carbons (Fsp3) is 0.0476. The van der Waals surface area contributed by atoms with E-state index in [1.165, 1.54) is 54.6 Å². The number of carbonyl (C=O) groups excluding carboxylic acids is 1. The summed E-state index contributed by atoms with van der Waals surface area (Å²) in [5.41, 5.74) is 0.491. The third-order valence-corrected chi connectivity index (χ3v) is 4.70. The normalized spacial score (nSPS) is 11.0. The molecule has 0 unspecified atom stereocenters. The minimum atomic E-state index is -0.776. The number of furan rings is 1. The van der Waals surface area contributed by atoms with E-state index in [0.717, 1.165) is 0 Å². The summed E-state index contributed by atoms with van der Waals surface area (Å²) >= 11 is 6.10. The third kappa shape index (κ3) is 4.80. The van der Waals surface area contributed by atoms with Crippen LogP contribution >= 0.6 is 11.6 Å². The highest BCUT2D eigenvalue weighted by molar-refractivity contribution is 6.33. The zero-order valence-corrected chi connectivity index (χ0v) is 17.1. The minimum absolute atomic E-state index is 0.100. The summed E-state index contributed by atoms with van der Waals surface area (Å²) in [7, 11) is 0. The molecule has 1 heterocycles. The molecule has 1 amide bonds. The molecule has 0 aliphatic heterocycles. The quantitative estimate of drug-likeness (QED) is 0.231. The van der Waals surface area contributed by atoms with Crippen LogP contribution in [0.4, 0.5) is 17.1 Å². The number of benzene rings is 2. The lowest BCUT2D eigenvalue weighted by molar-refractivity contribution is -0.385. The van der Waals surface area contributed by atoms with E-state index in [1.54, 1.807) is 13.0 Å². The molecule has 0 saturated carbocycles. The van der Waals surface area contributed by atoms with Crippen molar-refractivity contribution in [3.8, 4) is 17.4 Å². The van der Waals surface area contributed by atoms with Gasteiger partial charge in [0, 0.05) is 35.9 Å². The average molecular weight is 453 g/mol. The van der Waals surface area contributed by atoms with Crippen molar-refractivity contribution in [2.75, 3.05) is 5.32 Å². The molecule has 2 aromatic carbocycles. The minimum Gasteiger partial charge on any atom is -0.457 e. The fourth-order valence-electron chi connectivity index (χ4n) is 2.73. The predicted molar refractivity (Wildman–Crippen MR) is 116 cm³/mol. The maximum absolute atomic E-state index is 12.5. The number of non-ortho nitro benzene ring substituents is 2. The highest BCUT2D eigenvalue weighted by atomic mass is 35.5. The van der Waals surface area contributed by atoms with Gasteiger partial charge in [-0.25, -0.2) is 0 Å². The van der Waals surface area contributed by atoms with E-state index in [9.17, 15) is 30.3 Å². The van der Waals surface area contributed by atoms with Crippen LogP contribution < -0.4 is 5.32 Å². The van der Waals surface area contributed by atoms with Crippen LogP contribution in [0.15, 0.2) is 58.5 Å². The van der Waals surface area contributed by atoms with Crippen LogP contribution in [0.25, 0.3) is 17.4 Å². The molecule has 0 radical (unpaired) electrons. The molecule has 160 valence electrons. The summed E-state index contributed by atoms with van der Waals surface area (Å²) in [5, 5.41) is 33.8. The van der Waals surface area contributed by atoms with Gasteiger partial charge in [-0.3, -0.25) is 25.0 Å². The Labute approximate surface area is 185 Å². The van der Waals surface area contributed by atoms with Crippen LogP contribution in [0.2, 0.25) is 5.02 Å². The zero-order chi connectivity index (χ0) is 23.4. The highest BCUT2D eigenvalue weighted by Gasteiger charge is 2.16. The van der Waals surface area contributed by atoms with E-state index in [0.29, 0.717) is 11.1 Å². The van der Waals surface area contributed by atoms with Crippen molar-refractivity contribution in [1.29, 1.82) is 5.26 Å². The van der Waals surface area contributed by atoms with Crippen LogP contribution in [0.5, 0.6) is 0 Å². The molecule has 3 aromatic rings. The Balaban J connectivity index is 1.85. The molecule has 0 saturated heterocycles. The number of amides is 1. The van der Waals surface area contributed by atoms with Crippen molar-refractivity contribution in [1.82, 2.24) is 0 Å². The maximum atomic E-state index is 12.5. The standard InChI is InChI=1S/C21H13ClN4O6/c1-12-2-3-15(26(30)31)10-19(12)24-21(27)13(11-23)8-16-5-7-20(32-16)17-6-4-14(25(28)29)9-18(17)22/h2-10H,1H3,(H,24,27)/b13-8+. The van der Waals surface area contributed by atoms with Gasteiger partial charge in [-0.15, -0.1) is 0 Å². The number of hydrogen-bond donors (Lipinski definition) is 1. The molecule has 1 N–H and O–H groups in total. The van der Waals surface area contributed by atoms with E-state index in [1.807, 2.05) is 0 Å². The van der Waals surface area contributed by atoms with Crippen LogP contribution in [-0.4, -0.2) is 15.8 Å². The summed E-state index contributed by atoms with van der Waals surface area (Å²) in [5.74, 6) is -0.331. The van der Waals surface area contributed by atoms with E-state index in [4.69, 9.17) is 16.0 Å². The number of nitrogens with zero attached hydrogens (tertiary/aromatic N) is 3. The Morgan fingerprint density at radius 3 is 2.38 bits per heavy atom. The largest absolute Gasteiger partial charge is 0.457 e. The van der Waals surface area contributed by atoms with Gasteiger partial charge in [-0.2, -0.15) is 5.26 Å². The molecular weight excluding hydrogens is 440 g/mol. The second-order valence-corrected chi connectivity index (χ2v) is 6.91. The average Bonchev–Trinajstić information content (AvgIpc) is 3.21. The molecule has 0 spiro atoms. The van der Waals surface area contributed by atoms with E-state index < -0.39 is 15.8 Å². The van der Waals surface area contributed by atoms with E-state index >= 15 is 0 Å². The molecule has 0 aliphatic carbocycles. The summed E-state index contributed by atoms with van der Waals surface area (Å²) < 4.78 is 5.61. The van der Waals surface area contributed by atoms with Crippen molar-refractivity contribution in [2.24, 2.45) is 0 Å². The molecule has 32 heavy (non-hydrogen) atoms. The molecular formula is C21H13ClN4O6. The van der Waals surface area contributed by atoms with Crippen molar-refractivity contribution in [2.45, 2.75) is 6.92 Å². The van der Waals surface area contributed by atoms with Gasteiger partial charge in [-0.05, 0) is 30.7 Å². The number of anilines is 1. The first-order chi connectivity index (χ1) is 15.2. The lowest BCUT2D eigenvalue weighted by Crippen LogP contribution is -2.14.